The zero-order chi connectivity index (χ0) is 12.3. The number of morpholine rings is 1. The van der Waals surface area contributed by atoms with E-state index in [1.165, 1.54) is 11.3 Å². The van der Waals surface area contributed by atoms with Gasteiger partial charge in [-0.25, -0.2) is 4.98 Å². The summed E-state index contributed by atoms with van der Waals surface area (Å²) in [5.41, 5.74) is 0.799. The number of hydrogen-bond donors (Lipinski definition) is 2. The zero-order valence-electron chi connectivity index (χ0n) is 10.1. The number of ether oxygens (including phenoxy) is 1. The number of thiazole rings is 1. The first-order valence-corrected chi connectivity index (χ1v) is 6.53. The van der Waals surface area contributed by atoms with Crippen molar-refractivity contribution in [2.45, 2.75) is 20.0 Å². The SMILES string of the molecule is Cc1nc(C)c(C(=O)NCC2CNCCO2)s1. The van der Waals surface area contributed by atoms with Gasteiger partial charge in [0.2, 0.25) is 0 Å². The third-order valence-corrected chi connectivity index (χ3v) is 3.68. The van der Waals surface area contributed by atoms with Crippen molar-refractivity contribution in [3.63, 3.8) is 0 Å². The van der Waals surface area contributed by atoms with Gasteiger partial charge in [-0.2, -0.15) is 0 Å². The summed E-state index contributed by atoms with van der Waals surface area (Å²) in [5, 5.41) is 7.04. The Bertz CT molecular complexity index is 399. The van der Waals surface area contributed by atoms with Crippen LogP contribution in [-0.4, -0.2) is 43.2 Å². The molecular weight excluding hydrogens is 238 g/mol. The van der Waals surface area contributed by atoms with Gasteiger partial charge in [0.1, 0.15) is 4.88 Å². The van der Waals surface area contributed by atoms with Gasteiger partial charge in [0, 0.05) is 19.6 Å². The summed E-state index contributed by atoms with van der Waals surface area (Å²) in [6.07, 6.45) is 0.0713. The van der Waals surface area contributed by atoms with Crippen LogP contribution >= 0.6 is 11.3 Å². The van der Waals surface area contributed by atoms with Gasteiger partial charge in [-0.3, -0.25) is 4.79 Å². The van der Waals surface area contributed by atoms with E-state index in [4.69, 9.17) is 4.74 Å². The molecule has 1 saturated heterocycles. The van der Waals surface area contributed by atoms with E-state index in [2.05, 4.69) is 15.6 Å². The number of rotatable bonds is 3. The maximum atomic E-state index is 11.9. The van der Waals surface area contributed by atoms with Crippen LogP contribution in [0.1, 0.15) is 20.4 Å². The predicted molar refractivity (Wildman–Crippen MR) is 66.5 cm³/mol. The van der Waals surface area contributed by atoms with Crippen LogP contribution in [0.2, 0.25) is 0 Å². The number of nitrogens with zero attached hydrogens (tertiary/aromatic N) is 1. The average Bonchev–Trinajstić information content (AvgIpc) is 2.67. The van der Waals surface area contributed by atoms with E-state index in [-0.39, 0.29) is 12.0 Å². The van der Waals surface area contributed by atoms with Gasteiger partial charge in [0.05, 0.1) is 23.4 Å². The van der Waals surface area contributed by atoms with Crippen LogP contribution in [0.3, 0.4) is 0 Å². The first kappa shape index (κ1) is 12.5. The lowest BCUT2D eigenvalue weighted by molar-refractivity contribution is 0.0287. The van der Waals surface area contributed by atoms with Gasteiger partial charge < -0.3 is 15.4 Å². The Morgan fingerprint density at radius 3 is 3.06 bits per heavy atom. The Balaban J connectivity index is 1.86. The van der Waals surface area contributed by atoms with Crippen molar-refractivity contribution in [1.29, 1.82) is 0 Å². The predicted octanol–water partition coefficient (Wildman–Crippen LogP) is 0.478. The van der Waals surface area contributed by atoms with Crippen LogP contribution in [0.4, 0.5) is 0 Å². The maximum absolute atomic E-state index is 11.9. The van der Waals surface area contributed by atoms with Crippen LogP contribution in [0, 0.1) is 13.8 Å². The highest BCUT2D eigenvalue weighted by molar-refractivity contribution is 7.13. The Kier molecular flexibility index (Phi) is 4.09. The van der Waals surface area contributed by atoms with E-state index in [1.807, 2.05) is 13.8 Å². The minimum atomic E-state index is -0.0535. The lowest BCUT2D eigenvalue weighted by Crippen LogP contribution is -2.45. The minimum Gasteiger partial charge on any atom is -0.374 e. The molecule has 0 saturated carbocycles. The van der Waals surface area contributed by atoms with Crippen LogP contribution in [0.25, 0.3) is 0 Å². The highest BCUT2D eigenvalue weighted by Crippen LogP contribution is 2.16. The lowest BCUT2D eigenvalue weighted by Gasteiger charge is -2.23. The molecule has 1 aromatic rings. The quantitative estimate of drug-likeness (QED) is 0.824. The standard InChI is InChI=1S/C11H17N3O2S/c1-7-10(17-8(2)14-7)11(15)13-6-9-5-12-3-4-16-9/h9,12H,3-6H2,1-2H3,(H,13,15). The molecule has 17 heavy (non-hydrogen) atoms. The summed E-state index contributed by atoms with van der Waals surface area (Å²) in [6, 6.07) is 0. The largest absolute Gasteiger partial charge is 0.374 e. The number of amides is 1. The fraction of sp³-hybridized carbons (Fsp3) is 0.636. The third kappa shape index (κ3) is 3.24. The molecule has 0 aliphatic carbocycles. The Hall–Kier alpha value is -0.980. The van der Waals surface area contributed by atoms with Crippen molar-refractivity contribution in [2.75, 3.05) is 26.2 Å². The molecule has 0 bridgehead atoms. The molecule has 2 N–H and O–H groups in total. The summed E-state index contributed by atoms with van der Waals surface area (Å²) in [5.74, 6) is -0.0535. The van der Waals surface area contributed by atoms with Crippen molar-refractivity contribution in [2.24, 2.45) is 0 Å². The maximum Gasteiger partial charge on any atom is 0.263 e. The molecule has 94 valence electrons. The van der Waals surface area contributed by atoms with Crippen molar-refractivity contribution in [3.8, 4) is 0 Å². The Labute approximate surface area is 105 Å². The first-order chi connectivity index (χ1) is 8.16. The molecule has 1 unspecified atom stereocenters. The van der Waals surface area contributed by atoms with Crippen LogP contribution in [0.15, 0.2) is 0 Å². The summed E-state index contributed by atoms with van der Waals surface area (Å²) < 4.78 is 5.51. The molecule has 1 aliphatic heterocycles. The average molecular weight is 255 g/mol. The van der Waals surface area contributed by atoms with Gasteiger partial charge in [-0.1, -0.05) is 0 Å². The molecule has 1 amide bonds. The molecule has 0 aromatic carbocycles. The highest BCUT2D eigenvalue weighted by Gasteiger charge is 2.17. The Morgan fingerprint density at radius 1 is 1.65 bits per heavy atom. The molecule has 1 fully saturated rings. The minimum absolute atomic E-state index is 0.0535. The van der Waals surface area contributed by atoms with E-state index < -0.39 is 0 Å². The van der Waals surface area contributed by atoms with Crippen LogP contribution in [0.5, 0.6) is 0 Å². The molecule has 2 rings (SSSR count). The van der Waals surface area contributed by atoms with E-state index in [1.54, 1.807) is 0 Å². The lowest BCUT2D eigenvalue weighted by atomic mass is 10.3. The number of hydrogen-bond acceptors (Lipinski definition) is 5. The molecular formula is C11H17N3O2S. The van der Waals surface area contributed by atoms with Crippen LogP contribution in [-0.2, 0) is 4.74 Å². The van der Waals surface area contributed by atoms with E-state index in [0.717, 1.165) is 23.8 Å². The van der Waals surface area contributed by atoms with E-state index in [0.29, 0.717) is 18.0 Å². The molecule has 2 heterocycles. The van der Waals surface area contributed by atoms with Crippen molar-refractivity contribution >= 4 is 17.2 Å². The fourth-order valence-corrected chi connectivity index (χ4v) is 2.62. The monoisotopic (exact) mass is 255 g/mol. The highest BCUT2D eigenvalue weighted by atomic mass is 32.1. The van der Waals surface area contributed by atoms with E-state index in [9.17, 15) is 4.79 Å². The van der Waals surface area contributed by atoms with Gasteiger partial charge in [-0.15, -0.1) is 11.3 Å². The normalized spacial score (nSPS) is 20.2. The van der Waals surface area contributed by atoms with Crippen molar-refractivity contribution in [1.82, 2.24) is 15.6 Å². The first-order valence-electron chi connectivity index (χ1n) is 5.71. The number of aromatic nitrogens is 1. The Morgan fingerprint density at radius 2 is 2.47 bits per heavy atom. The molecule has 1 aromatic heterocycles. The second kappa shape index (κ2) is 5.57. The van der Waals surface area contributed by atoms with Crippen molar-refractivity contribution < 1.29 is 9.53 Å². The molecule has 6 heteroatoms. The second-order valence-corrected chi connectivity index (χ2v) is 5.26. The van der Waals surface area contributed by atoms with Crippen molar-refractivity contribution in [3.05, 3.63) is 15.6 Å². The van der Waals surface area contributed by atoms with Crippen LogP contribution < -0.4 is 10.6 Å². The van der Waals surface area contributed by atoms with E-state index >= 15 is 0 Å². The van der Waals surface area contributed by atoms with Gasteiger partial charge in [-0.05, 0) is 13.8 Å². The number of carbonyl (C=O) groups excluding carboxylic acids is 1. The summed E-state index contributed by atoms with van der Waals surface area (Å²) in [7, 11) is 0. The fourth-order valence-electron chi connectivity index (χ4n) is 1.78. The van der Waals surface area contributed by atoms with Gasteiger partial charge in [0.25, 0.3) is 5.91 Å². The molecule has 1 aliphatic rings. The molecule has 0 spiro atoms. The summed E-state index contributed by atoms with van der Waals surface area (Å²) >= 11 is 1.43. The van der Waals surface area contributed by atoms with Gasteiger partial charge in [0.15, 0.2) is 0 Å². The smallest absolute Gasteiger partial charge is 0.263 e. The van der Waals surface area contributed by atoms with Gasteiger partial charge >= 0.3 is 0 Å². The topological polar surface area (TPSA) is 63.2 Å². The number of carbonyl (C=O) groups is 1. The second-order valence-electron chi connectivity index (χ2n) is 4.05. The summed E-state index contributed by atoms with van der Waals surface area (Å²) in [4.78, 5) is 16.8. The molecule has 0 radical (unpaired) electrons. The molecule has 1 atom stereocenters. The number of nitrogens with one attached hydrogen (secondary N) is 2. The summed E-state index contributed by atoms with van der Waals surface area (Å²) in [6.45, 7) is 6.69. The third-order valence-electron chi connectivity index (χ3n) is 2.60. The number of aryl methyl sites for hydroxylation is 2. The molecule has 5 nitrogen and oxygen atoms in total. The zero-order valence-corrected chi connectivity index (χ0v) is 10.9.